The maximum atomic E-state index is 13.6. The van der Waals surface area contributed by atoms with Crippen LogP contribution in [0.4, 0.5) is 30.7 Å². The Morgan fingerprint density at radius 2 is 1.76 bits per heavy atom. The van der Waals surface area contributed by atoms with Gasteiger partial charge in [0.1, 0.15) is 5.82 Å². The quantitative estimate of drug-likeness (QED) is 0.368. The van der Waals surface area contributed by atoms with Crippen molar-refractivity contribution < 1.29 is 40.3 Å². The molecule has 4 rings (SSSR count). The summed E-state index contributed by atoms with van der Waals surface area (Å²) in [5, 5.41) is 12.2. The van der Waals surface area contributed by atoms with Crippen LogP contribution < -0.4 is 5.32 Å². The highest BCUT2D eigenvalue weighted by atomic mass is 19.4. The van der Waals surface area contributed by atoms with Gasteiger partial charge in [-0.05, 0) is 64.7 Å². The van der Waals surface area contributed by atoms with Crippen molar-refractivity contribution in [1.82, 2.24) is 25.5 Å². The van der Waals surface area contributed by atoms with Gasteiger partial charge in [-0.25, -0.2) is 4.39 Å². The lowest BCUT2D eigenvalue weighted by molar-refractivity contribution is -0.147. The Bertz CT molecular complexity index is 1260. The van der Waals surface area contributed by atoms with Gasteiger partial charge in [0.05, 0.1) is 24.3 Å². The number of nitrogens with one attached hydrogen (secondary N) is 1. The van der Waals surface area contributed by atoms with E-state index in [2.05, 4.69) is 20.8 Å². The summed E-state index contributed by atoms with van der Waals surface area (Å²) in [6.45, 7) is -0.170. The van der Waals surface area contributed by atoms with E-state index in [1.807, 2.05) is 0 Å². The van der Waals surface area contributed by atoms with Crippen LogP contribution in [-0.2, 0) is 28.4 Å². The highest BCUT2D eigenvalue weighted by Crippen LogP contribution is 2.41. The maximum absolute atomic E-state index is 13.6. The second-order valence-electron chi connectivity index (χ2n) is 8.57. The number of hydrogen-bond donors (Lipinski definition) is 1. The monoisotopic (exact) mass is 531 g/mol. The summed E-state index contributed by atoms with van der Waals surface area (Å²) in [7, 11) is 1.24. The predicted molar refractivity (Wildman–Crippen MR) is 114 cm³/mol. The van der Waals surface area contributed by atoms with E-state index in [4.69, 9.17) is 4.74 Å². The number of carbonyl (C=O) groups excluding carboxylic acids is 1. The number of rotatable bonds is 6. The van der Waals surface area contributed by atoms with Gasteiger partial charge in [-0.15, -0.1) is 5.10 Å². The van der Waals surface area contributed by atoms with Crippen LogP contribution in [0.15, 0.2) is 42.5 Å². The number of tetrazole rings is 1. The van der Waals surface area contributed by atoms with Gasteiger partial charge in [-0.2, -0.15) is 31.0 Å². The van der Waals surface area contributed by atoms with E-state index in [-0.39, 0.29) is 16.8 Å². The number of carbonyl (C=O) groups is 1. The fourth-order valence-corrected chi connectivity index (χ4v) is 4.64. The first-order chi connectivity index (χ1) is 17.4. The molecule has 7 nitrogen and oxygen atoms in total. The Morgan fingerprint density at radius 1 is 1.05 bits per heavy atom. The number of alkyl halides is 6. The standard InChI is InChI=1S/C23H20F7N5O2/c1-37-20(36)17-6-7-18(19(17)13-2-4-15(24)5-3-13)31-11-12-8-14(22(25,26)27)10-16(9-12)35-21(23(28,29)30)32-33-34-35/h2-5,8-10,17-19,31H,6-7,11H2,1H3/t17-,18-,19+/m0/s1. The Morgan fingerprint density at radius 3 is 2.38 bits per heavy atom. The Labute approximate surface area is 205 Å². The molecule has 0 spiro atoms. The molecular formula is C23H20F7N5O2. The summed E-state index contributed by atoms with van der Waals surface area (Å²) < 4.78 is 99.0. The summed E-state index contributed by atoms with van der Waals surface area (Å²) in [6, 6.07) is 7.57. The average molecular weight is 531 g/mol. The van der Waals surface area contributed by atoms with Crippen molar-refractivity contribution in [3.8, 4) is 5.69 Å². The lowest BCUT2D eigenvalue weighted by Crippen LogP contribution is -2.34. The molecule has 0 unspecified atom stereocenters. The zero-order chi connectivity index (χ0) is 27.0. The Kier molecular flexibility index (Phi) is 7.22. The van der Waals surface area contributed by atoms with E-state index >= 15 is 0 Å². The zero-order valence-electron chi connectivity index (χ0n) is 19.1. The van der Waals surface area contributed by atoms with Gasteiger partial charge < -0.3 is 10.1 Å². The Hall–Kier alpha value is -3.55. The summed E-state index contributed by atoms with van der Waals surface area (Å²) >= 11 is 0. The molecule has 1 heterocycles. The highest BCUT2D eigenvalue weighted by molar-refractivity contribution is 5.74. The third-order valence-electron chi connectivity index (χ3n) is 6.26. The number of ether oxygens (including phenoxy) is 1. The lowest BCUT2D eigenvalue weighted by atomic mass is 9.86. The molecule has 0 saturated heterocycles. The van der Waals surface area contributed by atoms with Crippen LogP contribution in [-0.4, -0.2) is 39.3 Å². The van der Waals surface area contributed by atoms with Crippen LogP contribution in [0.25, 0.3) is 5.69 Å². The van der Waals surface area contributed by atoms with E-state index in [1.165, 1.54) is 31.4 Å². The molecule has 1 saturated carbocycles. The van der Waals surface area contributed by atoms with E-state index in [0.717, 1.165) is 12.1 Å². The number of aromatic nitrogens is 4. The fourth-order valence-electron chi connectivity index (χ4n) is 4.64. The number of hydrogen-bond acceptors (Lipinski definition) is 6. The maximum Gasteiger partial charge on any atom is 0.453 e. The number of nitrogens with zero attached hydrogens (tertiary/aromatic N) is 4. The van der Waals surface area contributed by atoms with Crippen LogP contribution in [0, 0.1) is 11.7 Å². The van der Waals surface area contributed by atoms with Gasteiger partial charge in [0.15, 0.2) is 0 Å². The predicted octanol–water partition coefficient (Wildman–Crippen LogP) is 4.66. The first-order valence-electron chi connectivity index (χ1n) is 11.0. The first-order valence-corrected chi connectivity index (χ1v) is 11.0. The largest absolute Gasteiger partial charge is 0.469 e. The van der Waals surface area contributed by atoms with Crippen molar-refractivity contribution >= 4 is 5.97 Å². The average Bonchev–Trinajstić information content (AvgIpc) is 3.50. The van der Waals surface area contributed by atoms with E-state index in [9.17, 15) is 35.5 Å². The molecule has 1 aliphatic carbocycles. The number of benzene rings is 2. The fraction of sp³-hybridized carbons (Fsp3) is 0.391. The van der Waals surface area contributed by atoms with Crippen LogP contribution in [0.2, 0.25) is 0 Å². The van der Waals surface area contributed by atoms with Crippen LogP contribution in [0.3, 0.4) is 0 Å². The van der Waals surface area contributed by atoms with Crippen LogP contribution >= 0.6 is 0 Å². The summed E-state index contributed by atoms with van der Waals surface area (Å²) in [5.41, 5.74) is -1.04. The van der Waals surface area contributed by atoms with E-state index in [0.29, 0.717) is 24.5 Å². The third-order valence-corrected chi connectivity index (χ3v) is 6.26. The van der Waals surface area contributed by atoms with E-state index in [1.54, 1.807) is 0 Å². The van der Waals surface area contributed by atoms with Crippen molar-refractivity contribution in [2.24, 2.45) is 5.92 Å². The van der Waals surface area contributed by atoms with Crippen molar-refractivity contribution in [3.05, 3.63) is 70.8 Å². The molecular weight excluding hydrogens is 511 g/mol. The SMILES string of the molecule is COC(=O)[C@H]1CC[C@H](NCc2cc(-n3nnnc3C(F)(F)F)cc(C(F)(F)F)c2)[C@@H]1c1ccc(F)cc1. The molecule has 2 aromatic carbocycles. The minimum atomic E-state index is -4.99. The molecule has 198 valence electrons. The summed E-state index contributed by atoms with van der Waals surface area (Å²) in [4.78, 5) is 12.4. The van der Waals surface area contributed by atoms with Gasteiger partial charge in [0.25, 0.3) is 5.82 Å². The molecule has 1 aliphatic rings. The van der Waals surface area contributed by atoms with Gasteiger partial charge in [-0.3, -0.25) is 4.79 Å². The first kappa shape index (κ1) is 26.5. The Balaban J connectivity index is 1.65. The molecule has 3 atom stereocenters. The minimum Gasteiger partial charge on any atom is -0.469 e. The summed E-state index contributed by atoms with van der Waals surface area (Å²) in [6.07, 6.45) is -8.97. The molecule has 0 aliphatic heterocycles. The van der Waals surface area contributed by atoms with Gasteiger partial charge in [0, 0.05) is 18.5 Å². The molecule has 1 aromatic heterocycles. The molecule has 37 heavy (non-hydrogen) atoms. The number of halogens is 7. The summed E-state index contributed by atoms with van der Waals surface area (Å²) in [5.74, 6) is -3.55. The molecule has 14 heteroatoms. The van der Waals surface area contributed by atoms with E-state index < -0.39 is 59.1 Å². The van der Waals surface area contributed by atoms with Crippen LogP contribution in [0.1, 0.15) is 41.3 Å². The topological polar surface area (TPSA) is 81.9 Å². The minimum absolute atomic E-state index is 0.0211. The smallest absolute Gasteiger partial charge is 0.453 e. The number of esters is 1. The lowest BCUT2D eigenvalue weighted by Gasteiger charge is -2.25. The van der Waals surface area contributed by atoms with Gasteiger partial charge in [-0.1, -0.05) is 12.1 Å². The molecule has 1 N–H and O–H groups in total. The molecule has 0 radical (unpaired) electrons. The normalized spacial score (nSPS) is 20.3. The highest BCUT2D eigenvalue weighted by Gasteiger charge is 2.42. The second-order valence-corrected chi connectivity index (χ2v) is 8.57. The second kappa shape index (κ2) is 10.1. The molecule has 3 aromatic rings. The molecule has 0 bridgehead atoms. The molecule has 1 fully saturated rings. The molecule has 0 amide bonds. The van der Waals surface area contributed by atoms with Crippen molar-refractivity contribution in [2.75, 3.05) is 7.11 Å². The van der Waals surface area contributed by atoms with Crippen molar-refractivity contribution in [2.45, 2.75) is 43.7 Å². The third kappa shape index (κ3) is 5.73. The van der Waals surface area contributed by atoms with Gasteiger partial charge in [0.2, 0.25) is 0 Å². The van der Waals surface area contributed by atoms with Crippen LogP contribution in [0.5, 0.6) is 0 Å². The van der Waals surface area contributed by atoms with Gasteiger partial charge >= 0.3 is 18.3 Å². The van der Waals surface area contributed by atoms with Crippen molar-refractivity contribution in [1.29, 1.82) is 0 Å². The van der Waals surface area contributed by atoms with Crippen molar-refractivity contribution in [3.63, 3.8) is 0 Å². The number of methoxy groups -OCH3 is 1. The zero-order valence-corrected chi connectivity index (χ0v) is 19.1.